The summed E-state index contributed by atoms with van der Waals surface area (Å²) in [5, 5.41) is 0. The highest BCUT2D eigenvalue weighted by Gasteiger charge is 2.20. The Hall–Kier alpha value is -0.370. The van der Waals surface area contributed by atoms with E-state index in [1.165, 1.54) is 0 Å². The molecular formula is C7H12O2. The molecule has 1 fully saturated rings. The zero-order valence-corrected chi connectivity index (χ0v) is 5.67. The topological polar surface area (TPSA) is 26.3 Å². The van der Waals surface area contributed by atoms with E-state index in [-0.39, 0.29) is 5.92 Å². The number of aldehydes is 1. The van der Waals surface area contributed by atoms with E-state index in [1.54, 1.807) is 0 Å². The molecule has 2 heteroatoms. The van der Waals surface area contributed by atoms with Gasteiger partial charge >= 0.3 is 0 Å². The molecule has 0 aromatic rings. The number of hydrogen-bond donors (Lipinski definition) is 0. The molecule has 2 unspecified atom stereocenters. The first-order valence-corrected chi connectivity index (χ1v) is 3.37. The molecule has 0 N–H and O–H groups in total. The minimum absolute atomic E-state index is 0.152. The predicted octanol–water partition coefficient (Wildman–Crippen LogP) is 0.858. The third-order valence-electron chi connectivity index (χ3n) is 1.93. The molecule has 1 heterocycles. The van der Waals surface area contributed by atoms with Crippen molar-refractivity contribution in [3.63, 3.8) is 0 Å². The minimum Gasteiger partial charge on any atom is -0.381 e. The van der Waals surface area contributed by atoms with Gasteiger partial charge in [-0.15, -0.1) is 0 Å². The van der Waals surface area contributed by atoms with E-state index < -0.39 is 0 Å². The van der Waals surface area contributed by atoms with Crippen LogP contribution in [0.3, 0.4) is 0 Å². The molecule has 52 valence electrons. The lowest BCUT2D eigenvalue weighted by molar-refractivity contribution is -0.117. The number of carbonyl (C=O) groups is 1. The third-order valence-corrected chi connectivity index (χ3v) is 1.93. The maximum absolute atomic E-state index is 10.3. The standard InChI is InChI=1S/C7H12O2/c1-6-2-3-9-5-7(6)4-8/h4,6-7H,2-3,5H2,1H3. The fourth-order valence-electron chi connectivity index (χ4n) is 1.04. The first-order chi connectivity index (χ1) is 4.34. The minimum atomic E-state index is 0.152. The van der Waals surface area contributed by atoms with Crippen LogP contribution in [0.15, 0.2) is 0 Å². The molecule has 0 bridgehead atoms. The molecule has 1 aliphatic rings. The van der Waals surface area contributed by atoms with Crippen molar-refractivity contribution in [3.05, 3.63) is 0 Å². The summed E-state index contributed by atoms with van der Waals surface area (Å²) in [5.74, 6) is 0.676. The van der Waals surface area contributed by atoms with Gasteiger partial charge in [0.2, 0.25) is 0 Å². The molecule has 9 heavy (non-hydrogen) atoms. The Kier molecular flexibility index (Phi) is 2.22. The Morgan fingerprint density at radius 2 is 2.44 bits per heavy atom. The second kappa shape index (κ2) is 2.97. The van der Waals surface area contributed by atoms with Crippen LogP contribution in [0.2, 0.25) is 0 Å². The summed E-state index contributed by atoms with van der Waals surface area (Å²) in [6, 6.07) is 0. The molecule has 0 saturated carbocycles. The summed E-state index contributed by atoms with van der Waals surface area (Å²) < 4.78 is 5.11. The van der Waals surface area contributed by atoms with Gasteiger partial charge in [-0.25, -0.2) is 0 Å². The lowest BCUT2D eigenvalue weighted by atomic mass is 9.92. The van der Waals surface area contributed by atoms with Crippen LogP contribution in [0, 0.1) is 11.8 Å². The third kappa shape index (κ3) is 1.52. The Morgan fingerprint density at radius 1 is 1.67 bits per heavy atom. The molecule has 0 radical (unpaired) electrons. The van der Waals surface area contributed by atoms with Crippen molar-refractivity contribution in [2.75, 3.05) is 13.2 Å². The first kappa shape index (κ1) is 6.75. The van der Waals surface area contributed by atoms with Crippen LogP contribution < -0.4 is 0 Å². The Labute approximate surface area is 55.2 Å². The highest BCUT2D eigenvalue weighted by atomic mass is 16.5. The summed E-state index contributed by atoms with van der Waals surface area (Å²) >= 11 is 0. The van der Waals surface area contributed by atoms with Crippen LogP contribution in [0.5, 0.6) is 0 Å². The summed E-state index contributed by atoms with van der Waals surface area (Å²) in [6.07, 6.45) is 2.03. The maximum atomic E-state index is 10.3. The average Bonchev–Trinajstić information content (AvgIpc) is 1.89. The van der Waals surface area contributed by atoms with Crippen molar-refractivity contribution in [2.24, 2.45) is 11.8 Å². The second-order valence-corrected chi connectivity index (χ2v) is 2.64. The number of rotatable bonds is 1. The summed E-state index contributed by atoms with van der Waals surface area (Å²) in [6.45, 7) is 3.55. The molecule has 0 aromatic heterocycles. The lowest BCUT2D eigenvalue weighted by Gasteiger charge is -2.23. The number of carbonyl (C=O) groups excluding carboxylic acids is 1. The number of ether oxygens (including phenoxy) is 1. The van der Waals surface area contributed by atoms with Crippen LogP contribution in [0.1, 0.15) is 13.3 Å². The van der Waals surface area contributed by atoms with Gasteiger partial charge in [0.15, 0.2) is 0 Å². The van der Waals surface area contributed by atoms with Crippen LogP contribution >= 0.6 is 0 Å². The molecule has 0 aliphatic carbocycles. The van der Waals surface area contributed by atoms with Gasteiger partial charge < -0.3 is 9.53 Å². The van der Waals surface area contributed by atoms with Crippen LogP contribution in [-0.4, -0.2) is 19.5 Å². The van der Waals surface area contributed by atoms with E-state index in [1.807, 2.05) is 0 Å². The molecule has 0 aromatic carbocycles. The highest BCUT2D eigenvalue weighted by molar-refractivity contribution is 5.54. The van der Waals surface area contributed by atoms with Crippen molar-refractivity contribution >= 4 is 6.29 Å². The normalized spacial score (nSPS) is 36.1. The fraction of sp³-hybridized carbons (Fsp3) is 0.857. The van der Waals surface area contributed by atoms with Gasteiger partial charge in [0.25, 0.3) is 0 Å². The second-order valence-electron chi connectivity index (χ2n) is 2.64. The van der Waals surface area contributed by atoms with Gasteiger partial charge in [-0.1, -0.05) is 6.92 Å². The van der Waals surface area contributed by atoms with Crippen LogP contribution in [0.25, 0.3) is 0 Å². The molecule has 2 nitrogen and oxygen atoms in total. The van der Waals surface area contributed by atoms with E-state index in [9.17, 15) is 4.79 Å². The van der Waals surface area contributed by atoms with Gasteiger partial charge in [0.05, 0.1) is 6.61 Å². The molecule has 0 amide bonds. The van der Waals surface area contributed by atoms with Crippen molar-refractivity contribution in [3.8, 4) is 0 Å². The largest absolute Gasteiger partial charge is 0.381 e. The zero-order chi connectivity index (χ0) is 6.69. The summed E-state index contributed by atoms with van der Waals surface area (Å²) in [7, 11) is 0. The van der Waals surface area contributed by atoms with Crippen molar-refractivity contribution in [2.45, 2.75) is 13.3 Å². The van der Waals surface area contributed by atoms with E-state index in [0.717, 1.165) is 19.3 Å². The van der Waals surface area contributed by atoms with Gasteiger partial charge in [-0.2, -0.15) is 0 Å². The lowest BCUT2D eigenvalue weighted by Crippen LogP contribution is -2.26. The highest BCUT2D eigenvalue weighted by Crippen LogP contribution is 2.18. The molecule has 1 rings (SSSR count). The first-order valence-electron chi connectivity index (χ1n) is 3.37. The van der Waals surface area contributed by atoms with Crippen molar-refractivity contribution in [1.29, 1.82) is 0 Å². The summed E-state index contributed by atoms with van der Waals surface area (Å²) in [4.78, 5) is 10.3. The van der Waals surface area contributed by atoms with Crippen LogP contribution in [0.4, 0.5) is 0 Å². The van der Waals surface area contributed by atoms with E-state index in [2.05, 4.69) is 6.92 Å². The maximum Gasteiger partial charge on any atom is 0.125 e. The van der Waals surface area contributed by atoms with E-state index in [0.29, 0.717) is 12.5 Å². The number of hydrogen-bond acceptors (Lipinski definition) is 2. The Balaban J connectivity index is 2.38. The zero-order valence-electron chi connectivity index (χ0n) is 5.67. The molecular weight excluding hydrogens is 116 g/mol. The quantitative estimate of drug-likeness (QED) is 0.489. The van der Waals surface area contributed by atoms with Crippen LogP contribution in [-0.2, 0) is 9.53 Å². The molecule has 1 saturated heterocycles. The van der Waals surface area contributed by atoms with Gasteiger partial charge in [0, 0.05) is 12.5 Å². The molecule has 1 aliphatic heterocycles. The van der Waals surface area contributed by atoms with Gasteiger partial charge in [0.1, 0.15) is 6.29 Å². The van der Waals surface area contributed by atoms with Crippen molar-refractivity contribution in [1.82, 2.24) is 0 Å². The molecule has 2 atom stereocenters. The SMILES string of the molecule is CC1CCOCC1C=O. The predicted molar refractivity (Wildman–Crippen MR) is 34.2 cm³/mol. The Bertz CT molecular complexity index is 101. The van der Waals surface area contributed by atoms with Crippen molar-refractivity contribution < 1.29 is 9.53 Å². The molecule has 0 spiro atoms. The van der Waals surface area contributed by atoms with E-state index in [4.69, 9.17) is 4.74 Å². The monoisotopic (exact) mass is 128 g/mol. The average molecular weight is 128 g/mol. The Morgan fingerprint density at radius 3 is 2.89 bits per heavy atom. The van der Waals surface area contributed by atoms with Gasteiger partial charge in [-0.3, -0.25) is 0 Å². The summed E-state index contributed by atoms with van der Waals surface area (Å²) in [5.41, 5.74) is 0. The fourth-order valence-corrected chi connectivity index (χ4v) is 1.04. The van der Waals surface area contributed by atoms with E-state index >= 15 is 0 Å². The smallest absolute Gasteiger partial charge is 0.125 e. The van der Waals surface area contributed by atoms with Gasteiger partial charge in [-0.05, 0) is 12.3 Å².